The molecule has 3 heterocycles. The van der Waals surface area contributed by atoms with E-state index in [1.54, 1.807) is 17.6 Å². The number of hydrogen-bond acceptors (Lipinski definition) is 7. The Morgan fingerprint density at radius 1 is 1.37 bits per heavy atom. The summed E-state index contributed by atoms with van der Waals surface area (Å²) in [6, 6.07) is 1.98. The topological polar surface area (TPSA) is 142 Å². The number of thioether (sulfide) groups is 1. The van der Waals surface area contributed by atoms with Crippen molar-refractivity contribution in [3.8, 4) is 11.5 Å². The van der Waals surface area contributed by atoms with Gasteiger partial charge >= 0.3 is 5.97 Å². The lowest BCUT2D eigenvalue weighted by atomic mass is 10.0. The van der Waals surface area contributed by atoms with Gasteiger partial charge in [-0.2, -0.15) is 0 Å². The van der Waals surface area contributed by atoms with E-state index in [0.29, 0.717) is 28.1 Å². The quantitative estimate of drug-likeness (QED) is 0.449. The highest BCUT2D eigenvalue weighted by molar-refractivity contribution is 8.00. The van der Waals surface area contributed by atoms with Crippen molar-refractivity contribution in [3.63, 3.8) is 0 Å². The van der Waals surface area contributed by atoms with Gasteiger partial charge < -0.3 is 21.1 Å². The Bertz CT molecular complexity index is 1060. The van der Waals surface area contributed by atoms with E-state index in [0.717, 1.165) is 0 Å². The third-order valence-electron chi connectivity index (χ3n) is 4.70. The third kappa shape index (κ3) is 2.41. The van der Waals surface area contributed by atoms with Crippen LogP contribution >= 0.6 is 11.8 Å². The fourth-order valence-corrected chi connectivity index (χ4v) is 4.70. The first kappa shape index (κ1) is 17.4. The van der Waals surface area contributed by atoms with Crippen molar-refractivity contribution < 1.29 is 24.9 Å². The van der Waals surface area contributed by atoms with Crippen molar-refractivity contribution in [2.24, 2.45) is 5.73 Å². The van der Waals surface area contributed by atoms with Crippen molar-refractivity contribution in [2.45, 2.75) is 18.3 Å². The zero-order valence-corrected chi connectivity index (χ0v) is 15.0. The third-order valence-corrected chi connectivity index (χ3v) is 6.00. The fourth-order valence-electron chi connectivity index (χ4n) is 3.40. The molecule has 1 unspecified atom stereocenters. The Morgan fingerprint density at radius 2 is 2.07 bits per heavy atom. The van der Waals surface area contributed by atoms with Gasteiger partial charge in [0.2, 0.25) is 5.91 Å². The summed E-state index contributed by atoms with van der Waals surface area (Å²) >= 11 is 1.40. The number of allylic oxidation sites excluding steroid dienone is 2. The van der Waals surface area contributed by atoms with Crippen LogP contribution in [0.5, 0.6) is 11.5 Å². The standard InChI is InChI=1S/C17H16N4O5S/c1-2-9(20-6-19-8-3-11(22)12(23)4-10(8)20)7-5-27-16-13(18)15(24)21(16)14(7)17(25)26/h2-4,6,13,16,22-23H,5,18H2,1H3,(H,25,26)/b9-2+/t13?,16-/m1/s1. The Morgan fingerprint density at radius 3 is 2.74 bits per heavy atom. The fraction of sp³-hybridized carbons (Fsp3) is 0.235. The monoisotopic (exact) mass is 388 g/mol. The van der Waals surface area contributed by atoms with Gasteiger partial charge in [0, 0.05) is 29.2 Å². The molecule has 27 heavy (non-hydrogen) atoms. The van der Waals surface area contributed by atoms with Crippen LogP contribution in [0.1, 0.15) is 6.92 Å². The zero-order valence-electron chi connectivity index (χ0n) is 14.2. The number of hydrogen-bond donors (Lipinski definition) is 4. The van der Waals surface area contributed by atoms with Crippen LogP contribution in [0.4, 0.5) is 0 Å². The minimum atomic E-state index is -1.21. The molecule has 2 aromatic rings. The number of aromatic nitrogens is 2. The SMILES string of the molecule is C/C=C(\C1=C(C(=O)O)N2C(=O)C(N)[C@H]2SC1)n1cnc2cc(O)c(O)cc21. The molecule has 0 spiro atoms. The molecule has 1 amide bonds. The number of nitrogens with two attached hydrogens (primary N) is 1. The number of nitrogens with zero attached hydrogens (tertiary/aromatic N) is 3. The summed E-state index contributed by atoms with van der Waals surface area (Å²) in [6.45, 7) is 1.74. The van der Waals surface area contributed by atoms with E-state index in [1.807, 2.05) is 0 Å². The smallest absolute Gasteiger partial charge is 0.353 e. The summed E-state index contributed by atoms with van der Waals surface area (Å²) in [4.78, 5) is 29.5. The van der Waals surface area contributed by atoms with Gasteiger partial charge in [0.25, 0.3) is 0 Å². The number of phenolic OH excluding ortho intramolecular Hbond substituents is 2. The highest BCUT2D eigenvalue weighted by atomic mass is 32.2. The lowest BCUT2D eigenvalue weighted by Crippen LogP contribution is -2.68. The number of aliphatic carboxylic acids is 1. The van der Waals surface area contributed by atoms with E-state index in [2.05, 4.69) is 4.98 Å². The van der Waals surface area contributed by atoms with Crippen molar-refractivity contribution in [1.82, 2.24) is 14.5 Å². The number of imidazole rings is 1. The van der Waals surface area contributed by atoms with E-state index in [9.17, 15) is 24.9 Å². The molecule has 2 aliphatic heterocycles. The normalized spacial score (nSPS) is 22.8. The molecule has 2 aliphatic rings. The number of carboxylic acids is 1. The minimum Gasteiger partial charge on any atom is -0.504 e. The number of amides is 1. The summed E-state index contributed by atoms with van der Waals surface area (Å²) < 4.78 is 1.62. The van der Waals surface area contributed by atoms with Gasteiger partial charge in [-0.3, -0.25) is 14.3 Å². The maximum Gasteiger partial charge on any atom is 0.353 e. The maximum atomic E-state index is 12.1. The number of aromatic hydroxyl groups is 2. The van der Waals surface area contributed by atoms with Crippen LogP contribution in [0, 0.1) is 0 Å². The molecule has 4 rings (SSSR count). The second-order valence-electron chi connectivity index (χ2n) is 6.19. The van der Waals surface area contributed by atoms with Gasteiger partial charge in [0.05, 0.1) is 11.0 Å². The van der Waals surface area contributed by atoms with Crippen molar-refractivity contribution in [1.29, 1.82) is 0 Å². The average molecular weight is 388 g/mol. The molecule has 0 radical (unpaired) electrons. The van der Waals surface area contributed by atoms with Crippen LogP contribution in [-0.2, 0) is 9.59 Å². The van der Waals surface area contributed by atoms with Crippen LogP contribution in [0.25, 0.3) is 16.7 Å². The largest absolute Gasteiger partial charge is 0.504 e. The number of carboxylic acid groups (broad SMARTS) is 1. The van der Waals surface area contributed by atoms with Crippen molar-refractivity contribution in [2.75, 3.05) is 5.75 Å². The van der Waals surface area contributed by atoms with Crippen LogP contribution < -0.4 is 5.73 Å². The summed E-state index contributed by atoms with van der Waals surface area (Å²) in [5, 5.41) is 28.8. The number of carbonyl (C=O) groups excluding carboxylic acids is 1. The van der Waals surface area contributed by atoms with E-state index >= 15 is 0 Å². The lowest BCUT2D eigenvalue weighted by molar-refractivity contribution is -0.147. The highest BCUT2D eigenvalue weighted by Gasteiger charge is 2.52. The second-order valence-corrected chi connectivity index (χ2v) is 7.29. The average Bonchev–Trinajstić information content (AvgIpc) is 3.04. The molecule has 10 heteroatoms. The first-order valence-corrected chi connectivity index (χ1v) is 9.12. The van der Waals surface area contributed by atoms with E-state index in [1.165, 1.54) is 35.1 Å². The van der Waals surface area contributed by atoms with Crippen LogP contribution in [0.3, 0.4) is 0 Å². The highest BCUT2D eigenvalue weighted by Crippen LogP contribution is 2.43. The van der Waals surface area contributed by atoms with E-state index in [4.69, 9.17) is 5.73 Å². The summed E-state index contributed by atoms with van der Waals surface area (Å²) in [5.74, 6) is -1.88. The number of phenols is 2. The molecular weight excluding hydrogens is 372 g/mol. The van der Waals surface area contributed by atoms with Crippen LogP contribution in [-0.4, -0.2) is 58.8 Å². The van der Waals surface area contributed by atoms with E-state index in [-0.39, 0.29) is 22.6 Å². The Balaban J connectivity index is 1.89. The van der Waals surface area contributed by atoms with E-state index < -0.39 is 17.9 Å². The first-order valence-electron chi connectivity index (χ1n) is 8.08. The van der Waals surface area contributed by atoms with Crippen molar-refractivity contribution in [3.05, 3.63) is 35.8 Å². The number of β-lactam (4-membered cyclic amide) rings is 1. The van der Waals surface area contributed by atoms with Gasteiger partial charge in [-0.15, -0.1) is 11.8 Å². The molecule has 1 saturated heterocycles. The number of carbonyl (C=O) groups is 2. The molecule has 1 fully saturated rings. The molecule has 0 saturated carbocycles. The Hall–Kier alpha value is -2.98. The van der Waals surface area contributed by atoms with Gasteiger partial charge in [-0.25, -0.2) is 9.78 Å². The summed E-state index contributed by atoms with van der Waals surface area (Å²) in [5.41, 5.74) is 7.60. The summed E-state index contributed by atoms with van der Waals surface area (Å²) in [6.07, 6.45) is 3.19. The number of benzene rings is 1. The first-order chi connectivity index (χ1) is 12.8. The maximum absolute atomic E-state index is 12.1. The molecular formula is C17H16N4O5S. The van der Waals surface area contributed by atoms with Gasteiger partial charge in [-0.1, -0.05) is 6.08 Å². The van der Waals surface area contributed by atoms with Gasteiger partial charge in [-0.05, 0) is 6.92 Å². The lowest BCUT2D eigenvalue weighted by Gasteiger charge is -2.48. The van der Waals surface area contributed by atoms with Crippen LogP contribution in [0.15, 0.2) is 35.8 Å². The molecule has 2 atom stereocenters. The molecule has 1 aromatic carbocycles. The molecule has 140 valence electrons. The van der Waals surface area contributed by atoms with Crippen molar-refractivity contribution >= 4 is 40.4 Å². The molecule has 5 N–H and O–H groups in total. The van der Waals surface area contributed by atoms with Gasteiger partial charge in [0.1, 0.15) is 23.4 Å². The van der Waals surface area contributed by atoms with Crippen LogP contribution in [0.2, 0.25) is 0 Å². The molecule has 0 aliphatic carbocycles. The summed E-state index contributed by atoms with van der Waals surface area (Å²) in [7, 11) is 0. The molecule has 9 nitrogen and oxygen atoms in total. The minimum absolute atomic E-state index is 0.0941. The Kier molecular flexibility index (Phi) is 3.89. The number of fused-ring (bicyclic) bond motifs is 2. The van der Waals surface area contributed by atoms with Gasteiger partial charge in [0.15, 0.2) is 11.5 Å². The predicted molar refractivity (Wildman–Crippen MR) is 98.7 cm³/mol. The second kappa shape index (κ2) is 6.03. The zero-order chi connectivity index (χ0) is 19.5. The number of rotatable bonds is 3. The molecule has 1 aromatic heterocycles. The predicted octanol–water partition coefficient (Wildman–Crippen LogP) is 0.889. The Labute approximate surface area is 157 Å². The molecule has 0 bridgehead atoms.